The van der Waals surface area contributed by atoms with Crippen LogP contribution in [-0.4, -0.2) is 5.91 Å². The molecule has 1 aromatic carbocycles. The fourth-order valence-electron chi connectivity index (χ4n) is 1.75. The average molecular weight is 246 g/mol. The van der Waals surface area contributed by atoms with Crippen LogP contribution in [0.1, 0.15) is 24.4 Å². The van der Waals surface area contributed by atoms with Gasteiger partial charge in [0.05, 0.1) is 0 Å². The Kier molecular flexibility index (Phi) is 3.89. The molecule has 0 heterocycles. The van der Waals surface area contributed by atoms with Crippen molar-refractivity contribution >= 4 is 5.91 Å². The molecule has 18 heavy (non-hydrogen) atoms. The Morgan fingerprint density at radius 2 is 2.00 bits per heavy atom. The van der Waals surface area contributed by atoms with Gasteiger partial charge in [-0.05, 0) is 36.6 Å². The topological polar surface area (TPSA) is 55.1 Å². The summed E-state index contributed by atoms with van der Waals surface area (Å²) >= 11 is 0. The lowest BCUT2D eigenvalue weighted by Gasteiger charge is -2.14. The summed E-state index contributed by atoms with van der Waals surface area (Å²) in [5, 5.41) is 2.75. The van der Waals surface area contributed by atoms with E-state index in [0.717, 1.165) is 18.5 Å². The zero-order valence-electron chi connectivity index (χ0n) is 9.90. The van der Waals surface area contributed by atoms with Crippen LogP contribution in [0.3, 0.4) is 0 Å². The molecular formula is C14H15FN2O. The van der Waals surface area contributed by atoms with Crippen LogP contribution in [0.15, 0.2) is 48.2 Å². The van der Waals surface area contributed by atoms with Gasteiger partial charge in [0.2, 0.25) is 5.91 Å². The minimum Gasteiger partial charge on any atom is -0.325 e. The number of nitrogens with two attached hydrogens (primary N) is 1. The fourth-order valence-corrected chi connectivity index (χ4v) is 1.75. The molecule has 0 saturated heterocycles. The monoisotopic (exact) mass is 246 g/mol. The van der Waals surface area contributed by atoms with Crippen LogP contribution in [0, 0.1) is 5.82 Å². The van der Waals surface area contributed by atoms with E-state index in [9.17, 15) is 9.18 Å². The van der Waals surface area contributed by atoms with E-state index in [0.29, 0.717) is 5.56 Å². The van der Waals surface area contributed by atoms with Crippen molar-refractivity contribution in [2.24, 2.45) is 5.73 Å². The fraction of sp³-hybridized carbons (Fsp3) is 0.214. The Labute approximate surface area is 105 Å². The lowest BCUT2D eigenvalue weighted by Crippen LogP contribution is -2.33. The normalized spacial score (nSPS) is 16.0. The van der Waals surface area contributed by atoms with Crippen LogP contribution in [0.2, 0.25) is 0 Å². The van der Waals surface area contributed by atoms with Crippen LogP contribution < -0.4 is 11.1 Å². The number of halogens is 1. The first kappa shape index (κ1) is 12.5. The van der Waals surface area contributed by atoms with E-state index in [2.05, 4.69) is 5.32 Å². The van der Waals surface area contributed by atoms with Gasteiger partial charge in [0.15, 0.2) is 0 Å². The van der Waals surface area contributed by atoms with Gasteiger partial charge in [-0.15, -0.1) is 0 Å². The molecule has 4 heteroatoms. The Hall–Kier alpha value is -1.94. The van der Waals surface area contributed by atoms with Crippen LogP contribution in [-0.2, 0) is 4.79 Å². The van der Waals surface area contributed by atoms with E-state index in [-0.39, 0.29) is 11.7 Å². The Morgan fingerprint density at radius 3 is 2.61 bits per heavy atom. The van der Waals surface area contributed by atoms with Gasteiger partial charge in [-0.25, -0.2) is 4.39 Å². The number of hydrogen-bond donors (Lipinski definition) is 2. The molecule has 0 radical (unpaired) electrons. The van der Waals surface area contributed by atoms with Crippen LogP contribution in [0.25, 0.3) is 0 Å². The second-order valence-electron chi connectivity index (χ2n) is 4.16. The van der Waals surface area contributed by atoms with Crippen molar-refractivity contribution in [3.05, 3.63) is 59.6 Å². The van der Waals surface area contributed by atoms with Gasteiger partial charge < -0.3 is 11.1 Å². The third-order valence-electron chi connectivity index (χ3n) is 2.77. The molecule has 0 saturated carbocycles. The van der Waals surface area contributed by atoms with Gasteiger partial charge in [-0.2, -0.15) is 0 Å². The maximum atomic E-state index is 12.8. The number of benzene rings is 1. The SMILES string of the molecule is NC(C(=O)NC1=CCCC=C1)c1ccc(F)cc1. The molecule has 0 spiro atoms. The van der Waals surface area contributed by atoms with Gasteiger partial charge in [0.1, 0.15) is 11.9 Å². The molecule has 1 aromatic rings. The number of hydrogen-bond acceptors (Lipinski definition) is 2. The summed E-state index contributed by atoms with van der Waals surface area (Å²) in [5.41, 5.74) is 7.18. The maximum absolute atomic E-state index is 12.8. The predicted octanol–water partition coefficient (Wildman–Crippen LogP) is 2.18. The number of amides is 1. The quantitative estimate of drug-likeness (QED) is 0.858. The number of carbonyl (C=O) groups is 1. The number of carbonyl (C=O) groups excluding carboxylic acids is 1. The first-order chi connectivity index (χ1) is 8.66. The number of allylic oxidation sites excluding steroid dienone is 3. The van der Waals surface area contributed by atoms with Crippen molar-refractivity contribution in [1.29, 1.82) is 0 Å². The molecule has 94 valence electrons. The molecule has 1 unspecified atom stereocenters. The molecule has 1 amide bonds. The van der Waals surface area contributed by atoms with Gasteiger partial charge in [0, 0.05) is 5.70 Å². The molecule has 3 N–H and O–H groups in total. The average Bonchev–Trinajstić information content (AvgIpc) is 2.40. The number of rotatable bonds is 3. The predicted molar refractivity (Wildman–Crippen MR) is 67.9 cm³/mol. The van der Waals surface area contributed by atoms with Crippen molar-refractivity contribution in [1.82, 2.24) is 5.32 Å². The van der Waals surface area contributed by atoms with Gasteiger partial charge in [-0.1, -0.05) is 24.3 Å². The highest BCUT2D eigenvalue weighted by molar-refractivity contribution is 5.84. The van der Waals surface area contributed by atoms with Crippen molar-refractivity contribution < 1.29 is 9.18 Å². The molecule has 1 aliphatic rings. The van der Waals surface area contributed by atoms with E-state index in [4.69, 9.17) is 5.73 Å². The zero-order chi connectivity index (χ0) is 13.0. The second kappa shape index (κ2) is 5.60. The maximum Gasteiger partial charge on any atom is 0.245 e. The summed E-state index contributed by atoms with van der Waals surface area (Å²) in [7, 11) is 0. The lowest BCUT2D eigenvalue weighted by molar-refractivity contribution is -0.121. The highest BCUT2D eigenvalue weighted by Crippen LogP contribution is 2.13. The number of nitrogens with one attached hydrogen (secondary N) is 1. The first-order valence-electron chi connectivity index (χ1n) is 5.85. The summed E-state index contributed by atoms with van der Waals surface area (Å²) in [4.78, 5) is 11.9. The minimum absolute atomic E-state index is 0.292. The van der Waals surface area contributed by atoms with Crippen LogP contribution in [0.5, 0.6) is 0 Å². The lowest BCUT2D eigenvalue weighted by atomic mass is 10.1. The van der Waals surface area contributed by atoms with E-state index in [1.54, 1.807) is 0 Å². The summed E-state index contributed by atoms with van der Waals surface area (Å²) in [5.74, 6) is -0.635. The molecule has 2 rings (SSSR count). The van der Waals surface area contributed by atoms with Crippen LogP contribution in [0.4, 0.5) is 4.39 Å². The third-order valence-corrected chi connectivity index (χ3v) is 2.77. The smallest absolute Gasteiger partial charge is 0.245 e. The standard InChI is InChI=1S/C14H15FN2O/c15-11-8-6-10(7-9-11)13(16)14(18)17-12-4-2-1-3-5-12/h2,4-9,13H,1,3,16H2,(H,17,18). The van der Waals surface area contributed by atoms with Crippen LogP contribution >= 0.6 is 0 Å². The Balaban J connectivity index is 2.02. The summed E-state index contributed by atoms with van der Waals surface area (Å²) < 4.78 is 12.8. The summed E-state index contributed by atoms with van der Waals surface area (Å²) in [6, 6.07) is 4.83. The molecular weight excluding hydrogens is 231 g/mol. The molecule has 0 aromatic heterocycles. The zero-order valence-corrected chi connectivity index (χ0v) is 9.90. The van der Waals surface area contributed by atoms with E-state index >= 15 is 0 Å². The minimum atomic E-state index is -0.790. The largest absolute Gasteiger partial charge is 0.325 e. The van der Waals surface area contributed by atoms with Gasteiger partial charge in [-0.3, -0.25) is 4.79 Å². The van der Waals surface area contributed by atoms with Crippen molar-refractivity contribution in [3.8, 4) is 0 Å². The molecule has 0 aliphatic heterocycles. The second-order valence-corrected chi connectivity index (χ2v) is 4.16. The molecule has 3 nitrogen and oxygen atoms in total. The third kappa shape index (κ3) is 3.05. The molecule has 1 aliphatic carbocycles. The van der Waals surface area contributed by atoms with Gasteiger partial charge in [0.25, 0.3) is 0 Å². The summed E-state index contributed by atoms with van der Waals surface area (Å²) in [6.45, 7) is 0. The molecule has 0 fully saturated rings. The van der Waals surface area contributed by atoms with Crippen molar-refractivity contribution in [3.63, 3.8) is 0 Å². The molecule has 0 bridgehead atoms. The first-order valence-corrected chi connectivity index (χ1v) is 5.85. The highest BCUT2D eigenvalue weighted by atomic mass is 19.1. The van der Waals surface area contributed by atoms with E-state index in [1.165, 1.54) is 24.3 Å². The summed E-state index contributed by atoms with van der Waals surface area (Å²) in [6.07, 6.45) is 7.72. The van der Waals surface area contributed by atoms with E-state index < -0.39 is 6.04 Å². The Morgan fingerprint density at radius 1 is 1.28 bits per heavy atom. The van der Waals surface area contributed by atoms with E-state index in [1.807, 2.05) is 18.2 Å². The van der Waals surface area contributed by atoms with Crippen molar-refractivity contribution in [2.75, 3.05) is 0 Å². The van der Waals surface area contributed by atoms with Gasteiger partial charge >= 0.3 is 0 Å². The van der Waals surface area contributed by atoms with Crippen molar-refractivity contribution in [2.45, 2.75) is 18.9 Å². The highest BCUT2D eigenvalue weighted by Gasteiger charge is 2.16. The molecule has 1 atom stereocenters. The Bertz CT molecular complexity index is 491.